The van der Waals surface area contributed by atoms with Crippen molar-refractivity contribution < 1.29 is 14.0 Å². The molecule has 2 amide bonds. The summed E-state index contributed by atoms with van der Waals surface area (Å²) in [7, 11) is 0. The fourth-order valence-electron chi connectivity index (χ4n) is 2.54. The lowest BCUT2D eigenvalue weighted by molar-refractivity contribution is -0.121. The average Bonchev–Trinajstić information content (AvgIpc) is 2.77. The molecule has 6 heteroatoms. The van der Waals surface area contributed by atoms with Crippen LogP contribution in [0.15, 0.2) is 46.9 Å². The van der Waals surface area contributed by atoms with E-state index in [1.54, 1.807) is 6.07 Å². The quantitative estimate of drug-likeness (QED) is 0.831. The van der Waals surface area contributed by atoms with Gasteiger partial charge in [-0.25, -0.2) is 9.29 Å². The molecule has 0 aromatic heterocycles. The Labute approximate surface area is 141 Å². The first kappa shape index (κ1) is 15.7. The Bertz CT molecular complexity index is 777. The van der Waals surface area contributed by atoms with Crippen molar-refractivity contribution in [3.63, 3.8) is 0 Å². The van der Waals surface area contributed by atoms with Crippen LogP contribution in [-0.4, -0.2) is 17.9 Å². The van der Waals surface area contributed by atoms with E-state index in [0.29, 0.717) is 15.8 Å². The summed E-state index contributed by atoms with van der Waals surface area (Å²) in [5.74, 6) is -0.933. The van der Waals surface area contributed by atoms with Crippen LogP contribution in [0.1, 0.15) is 12.0 Å². The largest absolute Gasteiger partial charge is 0.373 e. The number of halogens is 2. The molecular formula is C17H14BrFN2O2. The molecule has 1 saturated heterocycles. The first-order valence-corrected chi connectivity index (χ1v) is 7.90. The summed E-state index contributed by atoms with van der Waals surface area (Å²) >= 11 is 3.40. The van der Waals surface area contributed by atoms with Gasteiger partial charge in [0.05, 0.1) is 12.1 Å². The molecule has 1 heterocycles. The number of hydrogen-bond acceptors (Lipinski definition) is 3. The summed E-state index contributed by atoms with van der Waals surface area (Å²) in [5, 5.41) is 2.98. The molecular weight excluding hydrogens is 363 g/mol. The summed E-state index contributed by atoms with van der Waals surface area (Å²) in [6.45, 7) is 1.93. The minimum Gasteiger partial charge on any atom is -0.373 e. The zero-order valence-corrected chi connectivity index (χ0v) is 13.9. The van der Waals surface area contributed by atoms with E-state index >= 15 is 0 Å². The van der Waals surface area contributed by atoms with Gasteiger partial charge in [0, 0.05) is 10.2 Å². The van der Waals surface area contributed by atoms with Gasteiger partial charge in [0.1, 0.15) is 11.9 Å². The molecule has 2 aromatic rings. The van der Waals surface area contributed by atoms with E-state index in [-0.39, 0.29) is 24.1 Å². The van der Waals surface area contributed by atoms with Crippen LogP contribution in [0, 0.1) is 12.7 Å². The normalized spacial score (nSPS) is 17.7. The predicted octanol–water partition coefficient (Wildman–Crippen LogP) is 3.64. The molecule has 0 saturated carbocycles. The second-order valence-electron chi connectivity index (χ2n) is 5.43. The molecule has 1 N–H and O–H groups in total. The van der Waals surface area contributed by atoms with E-state index < -0.39 is 6.04 Å². The van der Waals surface area contributed by atoms with Gasteiger partial charge in [-0.15, -0.1) is 0 Å². The molecule has 118 valence electrons. The minimum atomic E-state index is -0.652. The topological polar surface area (TPSA) is 49.4 Å². The molecule has 0 aliphatic carbocycles. The highest BCUT2D eigenvalue weighted by atomic mass is 79.9. The number of hydrogen-bond donors (Lipinski definition) is 1. The fourth-order valence-corrected chi connectivity index (χ4v) is 3.21. The Kier molecular flexibility index (Phi) is 4.17. The number of amides is 2. The number of anilines is 2. The summed E-state index contributed by atoms with van der Waals surface area (Å²) < 4.78 is 13.6. The molecule has 3 rings (SSSR count). The van der Waals surface area contributed by atoms with Gasteiger partial charge in [-0.1, -0.05) is 6.07 Å². The van der Waals surface area contributed by atoms with Crippen LogP contribution >= 0.6 is 15.9 Å². The Morgan fingerprint density at radius 1 is 1.17 bits per heavy atom. The summed E-state index contributed by atoms with van der Waals surface area (Å²) in [6.07, 6.45) is 0.0660. The molecule has 1 aliphatic rings. The van der Waals surface area contributed by atoms with Crippen LogP contribution in [0.2, 0.25) is 0 Å². The smallest absolute Gasteiger partial charge is 0.256 e. The molecule has 1 atom stereocenters. The molecule has 0 radical (unpaired) electrons. The Hall–Kier alpha value is -2.21. The number of imide groups is 1. The molecule has 2 aromatic carbocycles. The van der Waals surface area contributed by atoms with E-state index in [2.05, 4.69) is 21.2 Å². The highest BCUT2D eigenvalue weighted by Crippen LogP contribution is 2.32. The third-order valence-corrected chi connectivity index (χ3v) is 4.31. The number of rotatable bonds is 3. The van der Waals surface area contributed by atoms with Crippen molar-refractivity contribution in [2.45, 2.75) is 19.4 Å². The molecule has 0 unspecified atom stereocenters. The fraction of sp³-hybridized carbons (Fsp3) is 0.176. The average molecular weight is 377 g/mol. The maximum atomic E-state index is 12.9. The van der Waals surface area contributed by atoms with Crippen LogP contribution in [0.4, 0.5) is 15.8 Å². The van der Waals surface area contributed by atoms with Gasteiger partial charge in [-0.2, -0.15) is 0 Å². The summed E-state index contributed by atoms with van der Waals surface area (Å²) in [5.41, 5.74) is 2.16. The van der Waals surface area contributed by atoms with Gasteiger partial charge in [-0.3, -0.25) is 9.59 Å². The Morgan fingerprint density at radius 3 is 2.52 bits per heavy atom. The highest BCUT2D eigenvalue weighted by Gasteiger charge is 2.40. The number of carbonyl (C=O) groups excluding carboxylic acids is 2. The van der Waals surface area contributed by atoms with Gasteiger partial charge in [-0.05, 0) is 64.8 Å². The predicted molar refractivity (Wildman–Crippen MR) is 89.8 cm³/mol. The molecule has 23 heavy (non-hydrogen) atoms. The maximum Gasteiger partial charge on any atom is 0.256 e. The summed E-state index contributed by atoms with van der Waals surface area (Å²) in [6, 6.07) is 10.5. The molecule has 0 spiro atoms. The monoisotopic (exact) mass is 376 g/mol. The number of aryl methyl sites for hydroxylation is 1. The lowest BCUT2D eigenvalue weighted by Gasteiger charge is -2.17. The van der Waals surface area contributed by atoms with E-state index in [1.807, 2.05) is 19.1 Å². The molecule has 0 bridgehead atoms. The number of carbonyl (C=O) groups is 2. The maximum absolute atomic E-state index is 12.9. The van der Waals surface area contributed by atoms with E-state index in [4.69, 9.17) is 0 Å². The number of nitrogens with zero attached hydrogens (tertiary/aromatic N) is 1. The van der Waals surface area contributed by atoms with Gasteiger partial charge in [0.2, 0.25) is 5.91 Å². The van der Waals surface area contributed by atoms with E-state index in [9.17, 15) is 14.0 Å². The van der Waals surface area contributed by atoms with Gasteiger partial charge >= 0.3 is 0 Å². The molecule has 1 aliphatic heterocycles. The Balaban J connectivity index is 1.83. The van der Waals surface area contributed by atoms with Crippen molar-refractivity contribution in [2.24, 2.45) is 0 Å². The second-order valence-corrected chi connectivity index (χ2v) is 6.28. The first-order valence-electron chi connectivity index (χ1n) is 7.11. The van der Waals surface area contributed by atoms with E-state index in [0.717, 1.165) is 5.56 Å². The highest BCUT2D eigenvalue weighted by molar-refractivity contribution is 9.10. The summed E-state index contributed by atoms with van der Waals surface area (Å²) in [4.78, 5) is 26.0. The third kappa shape index (κ3) is 3.12. The van der Waals surface area contributed by atoms with E-state index in [1.165, 1.54) is 29.2 Å². The van der Waals surface area contributed by atoms with Gasteiger partial charge in [0.15, 0.2) is 0 Å². The zero-order chi connectivity index (χ0) is 16.6. The minimum absolute atomic E-state index is 0.0660. The van der Waals surface area contributed by atoms with Crippen molar-refractivity contribution in [2.75, 3.05) is 10.2 Å². The van der Waals surface area contributed by atoms with Crippen molar-refractivity contribution in [1.82, 2.24) is 0 Å². The second kappa shape index (κ2) is 6.12. The van der Waals surface area contributed by atoms with Gasteiger partial charge < -0.3 is 5.32 Å². The number of nitrogens with one attached hydrogen (secondary N) is 1. The van der Waals surface area contributed by atoms with Crippen molar-refractivity contribution in [3.05, 3.63) is 58.3 Å². The zero-order valence-electron chi connectivity index (χ0n) is 12.3. The molecule has 1 fully saturated rings. The first-order chi connectivity index (χ1) is 11.0. The van der Waals surface area contributed by atoms with Crippen molar-refractivity contribution in [1.29, 1.82) is 0 Å². The lowest BCUT2D eigenvalue weighted by atomic mass is 10.2. The van der Waals surface area contributed by atoms with Crippen LogP contribution in [-0.2, 0) is 9.59 Å². The van der Waals surface area contributed by atoms with Crippen molar-refractivity contribution in [3.8, 4) is 0 Å². The molecule has 4 nitrogen and oxygen atoms in total. The standard InChI is InChI=1S/C17H14BrFN2O2/c1-10-2-7-15(13(18)8-10)21-16(22)9-14(17(21)23)20-12-5-3-11(19)4-6-12/h2-8,14,20H,9H2,1H3/t14-/m0/s1. The van der Waals surface area contributed by atoms with Crippen LogP contribution in [0.3, 0.4) is 0 Å². The third-order valence-electron chi connectivity index (χ3n) is 3.68. The van der Waals surface area contributed by atoms with Crippen LogP contribution in [0.5, 0.6) is 0 Å². The number of benzene rings is 2. The van der Waals surface area contributed by atoms with Crippen LogP contribution < -0.4 is 10.2 Å². The Morgan fingerprint density at radius 2 is 1.87 bits per heavy atom. The lowest BCUT2D eigenvalue weighted by Crippen LogP contribution is -2.35. The SMILES string of the molecule is Cc1ccc(N2C(=O)C[C@H](Nc3ccc(F)cc3)C2=O)c(Br)c1. The van der Waals surface area contributed by atoms with Crippen LogP contribution in [0.25, 0.3) is 0 Å². The van der Waals surface area contributed by atoms with Gasteiger partial charge in [0.25, 0.3) is 5.91 Å². The van der Waals surface area contributed by atoms with Crippen molar-refractivity contribution >= 4 is 39.1 Å².